The molecule has 0 radical (unpaired) electrons. The molecule has 0 spiro atoms. The lowest BCUT2D eigenvalue weighted by molar-refractivity contribution is -0.274. The Morgan fingerprint density at radius 1 is 1.25 bits per heavy atom. The Hall–Kier alpha value is -1.27. The first kappa shape index (κ1) is 16.8. The molecule has 12 heteroatoms. The molecule has 0 fully saturated rings. The fourth-order valence-corrected chi connectivity index (χ4v) is 2.42. The standard InChI is InChI=1S/C8H7F3N2O4S3/c9-8(10,11)17-5-1-3-6(4-2-5)20(15,16)13-7(14)12-19-18/h1-4,18H,(H2,12,13,14). The van der Waals surface area contributed by atoms with Gasteiger partial charge in [0.2, 0.25) is 0 Å². The van der Waals surface area contributed by atoms with E-state index in [0.29, 0.717) is 11.0 Å². The summed E-state index contributed by atoms with van der Waals surface area (Å²) in [6.07, 6.45) is -4.87. The van der Waals surface area contributed by atoms with E-state index < -0.39 is 33.1 Å². The van der Waals surface area contributed by atoms with Crippen LogP contribution in [0.5, 0.6) is 5.75 Å². The van der Waals surface area contributed by atoms with Crippen molar-refractivity contribution in [3.63, 3.8) is 0 Å². The van der Waals surface area contributed by atoms with Gasteiger partial charge in [-0.3, -0.25) is 4.72 Å². The molecule has 0 aliphatic heterocycles. The number of rotatable bonds is 4. The lowest BCUT2D eigenvalue weighted by Gasteiger charge is -2.10. The molecule has 0 heterocycles. The molecule has 1 rings (SSSR count). The van der Waals surface area contributed by atoms with E-state index in [-0.39, 0.29) is 0 Å². The number of carbonyl (C=O) groups is 1. The number of benzene rings is 1. The van der Waals surface area contributed by atoms with Crippen molar-refractivity contribution in [1.82, 2.24) is 9.44 Å². The van der Waals surface area contributed by atoms with Crippen LogP contribution in [-0.2, 0) is 10.0 Å². The average Bonchev–Trinajstić information content (AvgIpc) is 2.26. The number of sulfonamides is 1. The number of ether oxygens (including phenoxy) is 1. The number of hydrogen-bond acceptors (Lipinski definition) is 6. The number of alkyl halides is 3. The van der Waals surface area contributed by atoms with Crippen LogP contribution in [0.15, 0.2) is 29.2 Å². The van der Waals surface area contributed by atoms with Crippen LogP contribution in [0.3, 0.4) is 0 Å². The number of carbonyl (C=O) groups excluding carboxylic acids is 1. The van der Waals surface area contributed by atoms with Gasteiger partial charge in [-0.25, -0.2) is 17.9 Å². The molecule has 2 amide bonds. The van der Waals surface area contributed by atoms with Gasteiger partial charge < -0.3 is 4.74 Å². The van der Waals surface area contributed by atoms with E-state index in [1.807, 2.05) is 4.72 Å². The Morgan fingerprint density at radius 2 is 1.80 bits per heavy atom. The smallest absolute Gasteiger partial charge is 0.406 e. The van der Waals surface area contributed by atoms with Gasteiger partial charge in [0.05, 0.1) is 4.90 Å². The Labute approximate surface area is 121 Å². The monoisotopic (exact) mass is 348 g/mol. The summed E-state index contributed by atoms with van der Waals surface area (Å²) >= 11 is 3.58. The van der Waals surface area contributed by atoms with E-state index in [1.54, 1.807) is 4.72 Å². The predicted molar refractivity (Wildman–Crippen MR) is 68.6 cm³/mol. The minimum atomic E-state index is -4.87. The lowest BCUT2D eigenvalue weighted by atomic mass is 10.3. The van der Waals surface area contributed by atoms with Crippen molar-refractivity contribution in [3.8, 4) is 5.75 Å². The summed E-state index contributed by atoms with van der Waals surface area (Å²) in [4.78, 5) is 10.6. The molecule has 2 N–H and O–H groups in total. The highest BCUT2D eigenvalue weighted by molar-refractivity contribution is 8.68. The molecule has 0 aromatic heterocycles. The van der Waals surface area contributed by atoms with Crippen LogP contribution in [0.1, 0.15) is 0 Å². The van der Waals surface area contributed by atoms with Crippen molar-refractivity contribution in [2.24, 2.45) is 0 Å². The van der Waals surface area contributed by atoms with Gasteiger partial charge in [-0.2, -0.15) is 0 Å². The molecule has 0 aliphatic carbocycles. The summed E-state index contributed by atoms with van der Waals surface area (Å²) in [6.45, 7) is 0. The van der Waals surface area contributed by atoms with Crippen molar-refractivity contribution in [2.75, 3.05) is 0 Å². The number of hydrogen-bond donors (Lipinski definition) is 3. The lowest BCUT2D eigenvalue weighted by Crippen LogP contribution is -2.35. The van der Waals surface area contributed by atoms with Crippen molar-refractivity contribution >= 4 is 38.7 Å². The Bertz CT molecular complexity index is 574. The van der Waals surface area contributed by atoms with E-state index in [1.165, 1.54) is 0 Å². The van der Waals surface area contributed by atoms with E-state index in [0.717, 1.165) is 24.3 Å². The first-order valence-corrected chi connectivity index (χ1v) is 7.98. The van der Waals surface area contributed by atoms with Crippen LogP contribution in [0.4, 0.5) is 18.0 Å². The van der Waals surface area contributed by atoms with E-state index >= 15 is 0 Å². The van der Waals surface area contributed by atoms with Gasteiger partial charge in [0, 0.05) is 11.0 Å². The van der Waals surface area contributed by atoms with Crippen LogP contribution >= 0.6 is 22.6 Å². The van der Waals surface area contributed by atoms with Crippen LogP contribution < -0.4 is 14.2 Å². The molecule has 0 unspecified atom stereocenters. The minimum Gasteiger partial charge on any atom is -0.406 e. The second kappa shape index (κ2) is 6.45. The fourth-order valence-electron chi connectivity index (χ4n) is 1.06. The van der Waals surface area contributed by atoms with E-state index in [4.69, 9.17) is 0 Å². The SMILES string of the molecule is O=C(NSS)NS(=O)(=O)c1ccc(OC(F)(F)F)cc1. The zero-order valence-electron chi connectivity index (χ0n) is 9.34. The first-order chi connectivity index (χ1) is 9.14. The van der Waals surface area contributed by atoms with Crippen LogP contribution in [-0.4, -0.2) is 20.8 Å². The molecule has 0 saturated heterocycles. The number of urea groups is 1. The molecule has 0 saturated carbocycles. The fraction of sp³-hybridized carbons (Fsp3) is 0.125. The summed E-state index contributed by atoms with van der Waals surface area (Å²) in [6, 6.07) is 2.32. The van der Waals surface area contributed by atoms with Gasteiger partial charge in [0.1, 0.15) is 5.75 Å². The van der Waals surface area contributed by atoms with Crippen molar-refractivity contribution in [1.29, 1.82) is 0 Å². The summed E-state index contributed by atoms with van der Waals surface area (Å²) in [7, 11) is -3.61. The third kappa shape index (κ3) is 5.38. The van der Waals surface area contributed by atoms with Crippen molar-refractivity contribution < 1.29 is 31.1 Å². The van der Waals surface area contributed by atoms with Crippen molar-refractivity contribution in [3.05, 3.63) is 24.3 Å². The molecular formula is C8H7F3N2O4S3. The van der Waals surface area contributed by atoms with Crippen LogP contribution in [0.25, 0.3) is 0 Å². The normalized spacial score (nSPS) is 11.8. The maximum Gasteiger partial charge on any atom is 0.573 e. The third-order valence-corrected chi connectivity index (χ3v) is 3.63. The Morgan fingerprint density at radius 3 is 2.25 bits per heavy atom. The van der Waals surface area contributed by atoms with Gasteiger partial charge in [-0.15, -0.1) is 13.2 Å². The molecule has 1 aromatic carbocycles. The zero-order valence-corrected chi connectivity index (χ0v) is 11.9. The topological polar surface area (TPSA) is 84.5 Å². The number of nitrogens with one attached hydrogen (secondary N) is 2. The Balaban J connectivity index is 2.84. The molecule has 0 bridgehead atoms. The largest absolute Gasteiger partial charge is 0.573 e. The Kier molecular flexibility index (Phi) is 5.42. The zero-order chi connectivity index (χ0) is 15.4. The molecular weight excluding hydrogens is 341 g/mol. The minimum absolute atomic E-state index is 0.397. The van der Waals surface area contributed by atoms with E-state index in [9.17, 15) is 26.4 Å². The molecule has 0 atom stereocenters. The number of halogens is 3. The van der Waals surface area contributed by atoms with Crippen LogP contribution in [0, 0.1) is 0 Å². The van der Waals surface area contributed by atoms with Gasteiger partial charge in [-0.1, -0.05) is 11.7 Å². The molecule has 20 heavy (non-hydrogen) atoms. The van der Waals surface area contributed by atoms with Gasteiger partial charge >= 0.3 is 12.4 Å². The van der Waals surface area contributed by atoms with Gasteiger partial charge in [-0.05, 0) is 24.3 Å². The molecule has 1 aromatic rings. The van der Waals surface area contributed by atoms with Gasteiger partial charge in [0.25, 0.3) is 10.0 Å². The van der Waals surface area contributed by atoms with Crippen LogP contribution in [0.2, 0.25) is 0 Å². The highest BCUT2D eigenvalue weighted by atomic mass is 33.1. The third-order valence-electron chi connectivity index (χ3n) is 1.73. The second-order valence-electron chi connectivity index (χ2n) is 3.15. The van der Waals surface area contributed by atoms with Gasteiger partial charge in [0.15, 0.2) is 0 Å². The number of amides is 2. The maximum atomic E-state index is 11.9. The van der Waals surface area contributed by atoms with Crippen molar-refractivity contribution in [2.45, 2.75) is 11.3 Å². The summed E-state index contributed by atoms with van der Waals surface area (Å²) in [5, 5.41) is 0. The molecule has 6 nitrogen and oxygen atoms in total. The van der Waals surface area contributed by atoms with E-state index in [2.05, 4.69) is 16.4 Å². The average molecular weight is 348 g/mol. The first-order valence-electron chi connectivity index (χ1n) is 4.63. The molecule has 112 valence electrons. The predicted octanol–water partition coefficient (Wildman–Crippen LogP) is 2.07. The highest BCUT2D eigenvalue weighted by Crippen LogP contribution is 2.23. The highest BCUT2D eigenvalue weighted by Gasteiger charge is 2.31. The summed E-state index contributed by atoms with van der Waals surface area (Å²) in [5.74, 6) is -0.577. The summed E-state index contributed by atoms with van der Waals surface area (Å²) in [5.41, 5.74) is 0. The summed E-state index contributed by atoms with van der Waals surface area (Å²) < 4.78 is 66.2. The number of thiol groups is 1. The quantitative estimate of drug-likeness (QED) is 0.441. The second-order valence-corrected chi connectivity index (χ2v) is 5.76. The maximum absolute atomic E-state index is 11.9. The molecule has 0 aliphatic rings.